The zero-order valence-electron chi connectivity index (χ0n) is 32.2. The Labute approximate surface area is 325 Å². The maximum absolute atomic E-state index is 15.5. The highest BCUT2D eigenvalue weighted by Crippen LogP contribution is 2.50. The zero-order valence-corrected chi connectivity index (χ0v) is 33.7. The van der Waals surface area contributed by atoms with Crippen LogP contribution in [0.25, 0.3) is 0 Å². The molecule has 1 amide bonds. The molecule has 0 aromatic heterocycles. The van der Waals surface area contributed by atoms with Gasteiger partial charge in [0.25, 0.3) is 5.91 Å². The monoisotopic (exact) mass is 782 g/mol. The molecule has 1 saturated carbocycles. The number of sulfonamides is 1. The van der Waals surface area contributed by atoms with Crippen LogP contribution in [-0.4, -0.2) is 101 Å². The largest absolute Gasteiger partial charge is 0.490 e. The van der Waals surface area contributed by atoms with Gasteiger partial charge in [-0.05, 0) is 124 Å². The van der Waals surface area contributed by atoms with Gasteiger partial charge in [-0.1, -0.05) is 30.7 Å². The van der Waals surface area contributed by atoms with Crippen molar-refractivity contribution < 1.29 is 27.1 Å². The Morgan fingerprint density at radius 3 is 2.61 bits per heavy atom. The lowest BCUT2D eigenvalue weighted by molar-refractivity contribution is -0.0359. The van der Waals surface area contributed by atoms with Crippen LogP contribution in [0.15, 0.2) is 42.0 Å². The van der Waals surface area contributed by atoms with Crippen molar-refractivity contribution >= 4 is 33.2 Å². The summed E-state index contributed by atoms with van der Waals surface area (Å²) in [5.74, 6) is 0.211. The molecule has 7 aliphatic rings. The lowest BCUT2D eigenvalue weighted by atomic mass is 9.64. The Kier molecular flexibility index (Phi) is 10.6. The molecule has 9 nitrogen and oxygen atoms in total. The number of rotatable bonds is 5. The van der Waals surface area contributed by atoms with Crippen LogP contribution in [0.4, 0.5) is 10.1 Å². The van der Waals surface area contributed by atoms with Crippen LogP contribution in [-0.2, 0) is 26.6 Å². The lowest BCUT2D eigenvalue weighted by Gasteiger charge is -2.49. The van der Waals surface area contributed by atoms with Gasteiger partial charge >= 0.3 is 0 Å². The number of hydrogen-bond donors (Lipinski definition) is 1. The molecule has 12 heteroatoms. The van der Waals surface area contributed by atoms with Gasteiger partial charge in [0, 0.05) is 62.8 Å². The highest BCUT2D eigenvalue weighted by Gasteiger charge is 2.47. The van der Waals surface area contributed by atoms with Crippen LogP contribution in [0.3, 0.4) is 0 Å². The number of benzene rings is 2. The lowest BCUT2D eigenvalue weighted by Crippen LogP contribution is -2.51. The van der Waals surface area contributed by atoms with E-state index in [4.69, 9.17) is 21.1 Å². The quantitative estimate of drug-likeness (QED) is 0.347. The van der Waals surface area contributed by atoms with E-state index >= 15 is 4.39 Å². The molecule has 54 heavy (non-hydrogen) atoms. The van der Waals surface area contributed by atoms with Gasteiger partial charge in [-0.3, -0.25) is 14.6 Å². The Morgan fingerprint density at radius 2 is 1.89 bits per heavy atom. The number of carbonyl (C=O) groups is 1. The summed E-state index contributed by atoms with van der Waals surface area (Å²) in [7, 11) is -3.97. The van der Waals surface area contributed by atoms with E-state index in [1.165, 1.54) is 5.57 Å². The van der Waals surface area contributed by atoms with E-state index in [1.807, 2.05) is 13.0 Å². The molecule has 1 N–H and O–H groups in total. The van der Waals surface area contributed by atoms with E-state index in [-0.39, 0.29) is 34.3 Å². The van der Waals surface area contributed by atoms with Crippen LogP contribution < -0.4 is 14.4 Å². The van der Waals surface area contributed by atoms with Gasteiger partial charge in [-0.15, -0.1) is 0 Å². The van der Waals surface area contributed by atoms with Gasteiger partial charge < -0.3 is 14.4 Å². The molecule has 4 aliphatic heterocycles. The number of carbonyl (C=O) groups excluding carboxylic acids is 1. The first-order valence-corrected chi connectivity index (χ1v) is 22.1. The number of nitrogens with one attached hydrogen (secondary N) is 1. The summed E-state index contributed by atoms with van der Waals surface area (Å²) in [5.41, 5.74) is 3.42. The number of hydrogen-bond acceptors (Lipinski definition) is 8. The van der Waals surface area contributed by atoms with Crippen LogP contribution in [0, 0.1) is 29.5 Å². The summed E-state index contributed by atoms with van der Waals surface area (Å²) in [6.45, 7) is 15.6. The molecule has 4 heterocycles. The summed E-state index contributed by atoms with van der Waals surface area (Å²) in [5, 5.41) is -0.630. The van der Waals surface area contributed by atoms with Crippen LogP contribution in [0.2, 0.25) is 5.02 Å². The second-order valence-electron chi connectivity index (χ2n) is 17.3. The number of piperazine rings is 1. The first-order valence-electron chi connectivity index (χ1n) is 20.2. The fraction of sp³-hybridized carbons (Fsp3) is 0.643. The van der Waals surface area contributed by atoms with Gasteiger partial charge in [0.2, 0.25) is 10.0 Å². The molecule has 1 saturated heterocycles. The Morgan fingerprint density at radius 1 is 1.11 bits per heavy atom. The number of nitrogens with zero attached hydrogens (tertiary/aromatic N) is 3. The Bertz CT molecular complexity index is 1900. The Hall–Kier alpha value is -2.70. The standard InChI is InChI=1S/C42H56ClFN4O5S/c1-26(2)47-16-14-46(15-17-47)18-19-52-40-32-20-31(21-32)27(3)28(4)54(50,51)45-41(49)29-8-12-38-37(22-29)48(23-30-7-9-33(30)40)24-42(25-53-38)13-5-6-34-35(42)10-11-36(43)39(34)44/h8,10-12,20,22,26-28,30-31,33,40H,5-7,9,13-19,21,23-25H2,1-4H3,(H,45,49)/t27-,28-,30+,31+,33-,40+,42+/m1/s1. The second kappa shape index (κ2) is 15.0. The molecule has 0 unspecified atom stereocenters. The average Bonchev–Trinajstić information content (AvgIpc) is 3.27. The number of fused-ring (bicyclic) bond motifs is 6. The summed E-state index contributed by atoms with van der Waals surface area (Å²) < 4.78 is 58.8. The highest BCUT2D eigenvalue weighted by molar-refractivity contribution is 7.90. The Balaban J connectivity index is 1.12. The number of ether oxygens (including phenoxy) is 2. The molecule has 2 fully saturated rings. The fourth-order valence-corrected chi connectivity index (χ4v) is 11.6. The fourth-order valence-electron chi connectivity index (χ4n) is 10.1. The van der Waals surface area contributed by atoms with Crippen LogP contribution in [0.5, 0.6) is 5.75 Å². The van der Waals surface area contributed by atoms with Gasteiger partial charge in [0.05, 0.1) is 35.3 Å². The van der Waals surface area contributed by atoms with Crippen molar-refractivity contribution in [2.24, 2.45) is 23.7 Å². The SMILES string of the molecule is CC(C)N1CCN(CCO[C@H]2C3=C[C@@H](C3)[C@H](C)[C@@H](C)S(=O)(=O)NC(=O)c3ccc4c(c3)N(C[C@@H]3CC[C@H]32)C[C@@]2(CCCc3c2ccc(Cl)c3F)CO4)CC1. The minimum absolute atomic E-state index is 0.0293. The van der Waals surface area contributed by atoms with E-state index in [2.05, 4.69) is 39.3 Å². The molecule has 2 aromatic rings. The molecule has 294 valence electrons. The summed E-state index contributed by atoms with van der Waals surface area (Å²) in [6.07, 6.45) is 7.41. The van der Waals surface area contributed by atoms with Crippen molar-refractivity contribution in [1.29, 1.82) is 0 Å². The van der Waals surface area contributed by atoms with Crippen molar-refractivity contribution in [2.45, 2.75) is 89.0 Å². The molecular formula is C42H56ClFN4O5S. The van der Waals surface area contributed by atoms with Crippen LogP contribution >= 0.6 is 11.6 Å². The first-order chi connectivity index (χ1) is 25.8. The van der Waals surface area contributed by atoms with E-state index in [1.54, 1.807) is 31.2 Å². The molecule has 3 aliphatic carbocycles. The predicted octanol–water partition coefficient (Wildman–Crippen LogP) is 6.43. The summed E-state index contributed by atoms with van der Waals surface area (Å²) in [6, 6.07) is 9.41. The van der Waals surface area contributed by atoms with Crippen LogP contribution in [0.1, 0.15) is 81.3 Å². The average molecular weight is 783 g/mol. The van der Waals surface area contributed by atoms with E-state index in [9.17, 15) is 13.2 Å². The van der Waals surface area contributed by atoms with E-state index in [0.717, 1.165) is 82.6 Å². The molecule has 0 radical (unpaired) electrons. The predicted molar refractivity (Wildman–Crippen MR) is 210 cm³/mol. The van der Waals surface area contributed by atoms with Crippen molar-refractivity contribution in [2.75, 3.05) is 63.9 Å². The minimum atomic E-state index is -3.97. The number of amides is 1. The first kappa shape index (κ1) is 38.2. The van der Waals surface area contributed by atoms with Gasteiger partial charge in [-0.25, -0.2) is 17.5 Å². The summed E-state index contributed by atoms with van der Waals surface area (Å²) in [4.78, 5) is 21.0. The third kappa shape index (κ3) is 7.10. The molecule has 4 bridgehead atoms. The summed E-state index contributed by atoms with van der Waals surface area (Å²) >= 11 is 6.29. The molecule has 1 spiro atoms. The van der Waals surface area contributed by atoms with E-state index in [0.29, 0.717) is 55.4 Å². The number of anilines is 1. The van der Waals surface area contributed by atoms with Crippen molar-refractivity contribution in [1.82, 2.24) is 14.5 Å². The second-order valence-corrected chi connectivity index (χ2v) is 19.7. The smallest absolute Gasteiger partial charge is 0.264 e. The minimum Gasteiger partial charge on any atom is -0.490 e. The van der Waals surface area contributed by atoms with Gasteiger partial charge in [0.15, 0.2) is 0 Å². The highest BCUT2D eigenvalue weighted by atomic mass is 35.5. The maximum atomic E-state index is 15.5. The number of halogens is 2. The van der Waals surface area contributed by atoms with Crippen molar-refractivity contribution in [3.05, 3.63) is 69.5 Å². The zero-order chi connectivity index (χ0) is 37.9. The molecule has 9 rings (SSSR count). The topological polar surface area (TPSA) is 91.4 Å². The van der Waals surface area contributed by atoms with Gasteiger partial charge in [-0.2, -0.15) is 0 Å². The molecular weight excluding hydrogens is 727 g/mol. The third-order valence-corrected chi connectivity index (χ3v) is 16.1. The van der Waals surface area contributed by atoms with Crippen molar-refractivity contribution in [3.8, 4) is 5.75 Å². The molecule has 2 aromatic carbocycles. The van der Waals surface area contributed by atoms with Gasteiger partial charge in [0.1, 0.15) is 11.6 Å². The van der Waals surface area contributed by atoms with E-state index < -0.39 is 26.6 Å². The molecule has 7 atom stereocenters. The normalized spacial score (nSPS) is 32.7. The maximum Gasteiger partial charge on any atom is 0.264 e. The third-order valence-electron chi connectivity index (χ3n) is 14.0. The van der Waals surface area contributed by atoms with Crippen molar-refractivity contribution in [3.63, 3.8) is 0 Å². The number of allylic oxidation sites excluding steroid dienone is 1.